The van der Waals surface area contributed by atoms with Crippen LogP contribution < -0.4 is 4.74 Å². The van der Waals surface area contributed by atoms with Crippen LogP contribution in [-0.4, -0.2) is 42.7 Å². The third-order valence-electron chi connectivity index (χ3n) is 5.34. The first kappa shape index (κ1) is 16.3. The molecule has 0 radical (unpaired) electrons. The van der Waals surface area contributed by atoms with Gasteiger partial charge in [0.15, 0.2) is 0 Å². The second-order valence-electron chi connectivity index (χ2n) is 7.12. The van der Waals surface area contributed by atoms with Crippen LogP contribution in [0.4, 0.5) is 0 Å². The Balaban J connectivity index is 1.77. The van der Waals surface area contributed by atoms with Crippen molar-refractivity contribution in [2.75, 3.05) is 26.8 Å². The Labute approximate surface area is 138 Å². The van der Waals surface area contributed by atoms with E-state index >= 15 is 0 Å². The summed E-state index contributed by atoms with van der Waals surface area (Å²) >= 11 is 0. The Morgan fingerprint density at radius 3 is 2.83 bits per heavy atom. The molecule has 1 atom stereocenters. The Hall–Kier alpha value is -1.55. The van der Waals surface area contributed by atoms with E-state index in [1.807, 2.05) is 23.1 Å². The zero-order valence-corrected chi connectivity index (χ0v) is 14.2. The molecule has 1 N–H and O–H groups in total. The van der Waals surface area contributed by atoms with Gasteiger partial charge in [-0.25, -0.2) is 0 Å². The molecule has 1 aliphatic carbocycles. The van der Waals surface area contributed by atoms with Gasteiger partial charge in [0, 0.05) is 24.1 Å². The van der Waals surface area contributed by atoms with Crippen molar-refractivity contribution in [3.8, 4) is 5.75 Å². The van der Waals surface area contributed by atoms with Crippen molar-refractivity contribution in [1.82, 2.24) is 4.90 Å². The first-order valence-corrected chi connectivity index (χ1v) is 8.70. The average Bonchev–Trinajstić information content (AvgIpc) is 3.35. The van der Waals surface area contributed by atoms with Gasteiger partial charge in [0.2, 0.25) is 0 Å². The molecule has 126 valence electrons. The molecule has 0 aromatic heterocycles. The third-order valence-corrected chi connectivity index (χ3v) is 5.34. The maximum absolute atomic E-state index is 12.9. The highest BCUT2D eigenvalue weighted by Gasteiger charge is 2.39. The number of likely N-dealkylation sites (tertiary alicyclic amines) is 1. The fourth-order valence-corrected chi connectivity index (χ4v) is 3.81. The van der Waals surface area contributed by atoms with E-state index in [-0.39, 0.29) is 17.9 Å². The van der Waals surface area contributed by atoms with E-state index in [0.717, 1.165) is 37.1 Å². The molecular weight excluding hydrogens is 290 g/mol. The van der Waals surface area contributed by atoms with Gasteiger partial charge in [0.05, 0.1) is 13.7 Å². The molecule has 1 amide bonds. The summed E-state index contributed by atoms with van der Waals surface area (Å²) in [5, 5.41) is 9.76. The van der Waals surface area contributed by atoms with E-state index in [4.69, 9.17) is 4.74 Å². The molecule has 1 aromatic rings. The SMILES string of the molecule is CCCC1(CO)CCN(C(=O)c2ccc(OC)c(C3CC3)c2)C1. The summed E-state index contributed by atoms with van der Waals surface area (Å²) in [5.74, 6) is 1.52. The molecule has 4 nitrogen and oxygen atoms in total. The van der Waals surface area contributed by atoms with E-state index < -0.39 is 0 Å². The van der Waals surface area contributed by atoms with Gasteiger partial charge in [-0.15, -0.1) is 0 Å². The Bertz CT molecular complexity index is 582. The van der Waals surface area contributed by atoms with E-state index in [1.54, 1.807) is 7.11 Å². The van der Waals surface area contributed by atoms with Gasteiger partial charge < -0.3 is 14.7 Å². The minimum absolute atomic E-state index is 0.0842. The van der Waals surface area contributed by atoms with Gasteiger partial charge in [-0.1, -0.05) is 13.3 Å². The minimum atomic E-state index is -0.101. The van der Waals surface area contributed by atoms with Crippen molar-refractivity contribution >= 4 is 5.91 Å². The van der Waals surface area contributed by atoms with Crippen LogP contribution in [0.15, 0.2) is 18.2 Å². The van der Waals surface area contributed by atoms with Crippen molar-refractivity contribution in [3.63, 3.8) is 0 Å². The molecule has 2 fully saturated rings. The predicted molar refractivity (Wildman–Crippen MR) is 89.9 cm³/mol. The largest absolute Gasteiger partial charge is 0.496 e. The van der Waals surface area contributed by atoms with Gasteiger partial charge in [0.1, 0.15) is 5.75 Å². The first-order valence-electron chi connectivity index (χ1n) is 8.70. The highest BCUT2D eigenvalue weighted by Crippen LogP contribution is 2.45. The number of methoxy groups -OCH3 is 1. The maximum atomic E-state index is 12.9. The van der Waals surface area contributed by atoms with E-state index in [0.29, 0.717) is 12.5 Å². The lowest BCUT2D eigenvalue weighted by atomic mass is 9.83. The number of hydrogen-bond acceptors (Lipinski definition) is 3. The lowest BCUT2D eigenvalue weighted by Gasteiger charge is -2.26. The van der Waals surface area contributed by atoms with Gasteiger partial charge in [-0.05, 0) is 55.4 Å². The molecular formula is C19H27NO3. The highest BCUT2D eigenvalue weighted by molar-refractivity contribution is 5.95. The number of hydrogen-bond donors (Lipinski definition) is 1. The van der Waals surface area contributed by atoms with E-state index in [1.165, 1.54) is 18.4 Å². The summed E-state index contributed by atoms with van der Waals surface area (Å²) in [7, 11) is 1.68. The molecule has 1 aromatic carbocycles. The second kappa shape index (κ2) is 6.52. The smallest absolute Gasteiger partial charge is 0.253 e. The number of rotatable bonds is 6. The minimum Gasteiger partial charge on any atom is -0.496 e. The molecule has 1 saturated carbocycles. The quantitative estimate of drug-likeness (QED) is 0.876. The topological polar surface area (TPSA) is 49.8 Å². The zero-order chi connectivity index (χ0) is 16.4. The molecule has 3 rings (SSSR count). The Kier molecular flexibility index (Phi) is 4.62. The summed E-state index contributed by atoms with van der Waals surface area (Å²) in [6.07, 6.45) is 5.28. The summed E-state index contributed by atoms with van der Waals surface area (Å²) < 4.78 is 5.43. The summed E-state index contributed by atoms with van der Waals surface area (Å²) in [4.78, 5) is 14.8. The summed E-state index contributed by atoms with van der Waals surface area (Å²) in [6, 6.07) is 5.80. The number of aliphatic hydroxyl groups excluding tert-OH is 1. The van der Waals surface area contributed by atoms with Crippen LogP contribution in [0, 0.1) is 5.41 Å². The fraction of sp³-hybridized carbons (Fsp3) is 0.632. The summed E-state index contributed by atoms with van der Waals surface area (Å²) in [6.45, 7) is 3.71. The average molecular weight is 317 g/mol. The molecule has 0 spiro atoms. The van der Waals surface area contributed by atoms with Crippen molar-refractivity contribution < 1.29 is 14.6 Å². The number of ether oxygens (including phenoxy) is 1. The van der Waals surface area contributed by atoms with Crippen molar-refractivity contribution in [3.05, 3.63) is 29.3 Å². The van der Waals surface area contributed by atoms with Crippen LogP contribution in [0.3, 0.4) is 0 Å². The van der Waals surface area contributed by atoms with E-state index in [2.05, 4.69) is 6.92 Å². The number of carbonyl (C=O) groups excluding carboxylic acids is 1. The third kappa shape index (κ3) is 3.23. The van der Waals surface area contributed by atoms with Gasteiger partial charge in [0.25, 0.3) is 5.91 Å². The highest BCUT2D eigenvalue weighted by atomic mass is 16.5. The summed E-state index contributed by atoms with van der Waals surface area (Å²) in [5.41, 5.74) is 1.81. The Morgan fingerprint density at radius 1 is 1.43 bits per heavy atom. The molecule has 2 aliphatic rings. The zero-order valence-electron chi connectivity index (χ0n) is 14.2. The normalized spacial score (nSPS) is 24.0. The van der Waals surface area contributed by atoms with Crippen LogP contribution in [0.5, 0.6) is 5.75 Å². The number of nitrogens with zero attached hydrogens (tertiary/aromatic N) is 1. The van der Waals surface area contributed by atoms with Crippen LogP contribution in [-0.2, 0) is 0 Å². The predicted octanol–water partition coefficient (Wildman–Crippen LogP) is 3.20. The van der Waals surface area contributed by atoms with Crippen LogP contribution in [0.25, 0.3) is 0 Å². The molecule has 4 heteroatoms. The Morgan fingerprint density at radius 2 is 2.22 bits per heavy atom. The molecule has 1 heterocycles. The van der Waals surface area contributed by atoms with Crippen molar-refractivity contribution in [1.29, 1.82) is 0 Å². The lowest BCUT2D eigenvalue weighted by molar-refractivity contribution is 0.0729. The van der Waals surface area contributed by atoms with Crippen LogP contribution >= 0.6 is 0 Å². The van der Waals surface area contributed by atoms with Crippen LogP contribution in [0.2, 0.25) is 0 Å². The van der Waals surface area contributed by atoms with Gasteiger partial charge in [-0.2, -0.15) is 0 Å². The van der Waals surface area contributed by atoms with E-state index in [9.17, 15) is 9.90 Å². The standard InChI is InChI=1S/C19H27NO3/c1-3-8-19(13-21)9-10-20(12-19)18(22)15-6-7-17(23-2)16(11-15)14-4-5-14/h6-7,11,14,21H,3-5,8-10,12-13H2,1-2H3. The fourth-order valence-electron chi connectivity index (χ4n) is 3.81. The lowest BCUT2D eigenvalue weighted by Crippen LogP contribution is -2.34. The monoisotopic (exact) mass is 317 g/mol. The van der Waals surface area contributed by atoms with Crippen LogP contribution in [0.1, 0.15) is 60.9 Å². The van der Waals surface area contributed by atoms with Crippen molar-refractivity contribution in [2.45, 2.75) is 44.9 Å². The molecule has 1 unspecified atom stereocenters. The van der Waals surface area contributed by atoms with Crippen molar-refractivity contribution in [2.24, 2.45) is 5.41 Å². The first-order chi connectivity index (χ1) is 11.1. The number of benzene rings is 1. The number of amides is 1. The maximum Gasteiger partial charge on any atom is 0.253 e. The molecule has 23 heavy (non-hydrogen) atoms. The number of aliphatic hydroxyl groups is 1. The molecule has 1 saturated heterocycles. The second-order valence-corrected chi connectivity index (χ2v) is 7.12. The molecule has 0 bridgehead atoms. The number of carbonyl (C=O) groups is 1. The van der Waals surface area contributed by atoms with Gasteiger partial charge in [-0.3, -0.25) is 4.79 Å². The molecule has 1 aliphatic heterocycles. The van der Waals surface area contributed by atoms with Gasteiger partial charge >= 0.3 is 0 Å².